The first-order chi connectivity index (χ1) is 14.7. The molecule has 0 unspecified atom stereocenters. The molecule has 5 rings (SSSR count). The van der Waals surface area contributed by atoms with Gasteiger partial charge in [0.15, 0.2) is 0 Å². The Morgan fingerprint density at radius 3 is 2.77 bits per heavy atom. The molecule has 7 heteroatoms. The molecule has 6 nitrogen and oxygen atoms in total. The van der Waals surface area contributed by atoms with Crippen molar-refractivity contribution in [3.05, 3.63) is 74.9 Å². The number of likely N-dealkylation sites (tertiary alicyclic amines) is 1. The van der Waals surface area contributed by atoms with Gasteiger partial charge in [-0.05, 0) is 30.7 Å². The third-order valence-electron chi connectivity index (χ3n) is 6.00. The van der Waals surface area contributed by atoms with Crippen molar-refractivity contribution in [3.63, 3.8) is 0 Å². The van der Waals surface area contributed by atoms with Crippen LogP contribution in [0.5, 0.6) is 5.75 Å². The van der Waals surface area contributed by atoms with Gasteiger partial charge in [-0.3, -0.25) is 9.36 Å². The van der Waals surface area contributed by atoms with E-state index in [2.05, 4.69) is 16.0 Å². The van der Waals surface area contributed by atoms with Crippen molar-refractivity contribution in [2.24, 2.45) is 0 Å². The average Bonchev–Trinajstić information content (AvgIpc) is 3.39. The second-order valence-electron chi connectivity index (χ2n) is 7.72. The highest BCUT2D eigenvalue weighted by atomic mass is 32.1. The molecule has 0 spiro atoms. The van der Waals surface area contributed by atoms with Crippen LogP contribution in [0, 0.1) is 0 Å². The van der Waals surface area contributed by atoms with Gasteiger partial charge in [-0.1, -0.05) is 36.4 Å². The van der Waals surface area contributed by atoms with Gasteiger partial charge in [-0.2, -0.15) is 0 Å². The van der Waals surface area contributed by atoms with Gasteiger partial charge in [-0.25, -0.2) is 4.79 Å². The molecule has 154 valence electrons. The number of hydrogen-bond acceptors (Lipinski definition) is 5. The van der Waals surface area contributed by atoms with Gasteiger partial charge in [0, 0.05) is 35.6 Å². The van der Waals surface area contributed by atoms with Crippen molar-refractivity contribution < 1.29 is 4.74 Å². The van der Waals surface area contributed by atoms with E-state index in [1.807, 2.05) is 42.5 Å². The van der Waals surface area contributed by atoms with Gasteiger partial charge in [0.25, 0.3) is 5.56 Å². The Labute approximate surface area is 177 Å². The van der Waals surface area contributed by atoms with E-state index in [1.54, 1.807) is 7.11 Å². The van der Waals surface area contributed by atoms with Crippen molar-refractivity contribution in [1.82, 2.24) is 14.5 Å². The molecule has 0 saturated carbocycles. The largest absolute Gasteiger partial charge is 0.496 e. The fourth-order valence-corrected chi connectivity index (χ4v) is 5.55. The van der Waals surface area contributed by atoms with Crippen molar-refractivity contribution in [2.45, 2.75) is 18.9 Å². The Bertz CT molecular complexity index is 1340. The summed E-state index contributed by atoms with van der Waals surface area (Å²) in [5.74, 6) is 1.33. The number of H-pyrrole nitrogens is 1. The van der Waals surface area contributed by atoms with E-state index in [-0.39, 0.29) is 11.2 Å². The number of methoxy groups -OCH3 is 1. The summed E-state index contributed by atoms with van der Waals surface area (Å²) in [7, 11) is 1.70. The van der Waals surface area contributed by atoms with Gasteiger partial charge in [0.2, 0.25) is 0 Å². The number of benzene rings is 2. The first kappa shape index (κ1) is 19.1. The van der Waals surface area contributed by atoms with Crippen LogP contribution in [-0.4, -0.2) is 41.2 Å². The van der Waals surface area contributed by atoms with E-state index in [4.69, 9.17) is 4.74 Å². The maximum Gasteiger partial charge on any atom is 0.328 e. The topological polar surface area (TPSA) is 67.3 Å². The number of nitrogens with zero attached hydrogens (tertiary/aromatic N) is 2. The Balaban J connectivity index is 1.36. The van der Waals surface area contributed by atoms with E-state index < -0.39 is 0 Å². The van der Waals surface area contributed by atoms with Crippen LogP contribution in [-0.2, 0) is 6.54 Å². The predicted octanol–water partition coefficient (Wildman–Crippen LogP) is 3.40. The zero-order chi connectivity index (χ0) is 20.7. The van der Waals surface area contributed by atoms with Crippen LogP contribution in [0.1, 0.15) is 17.9 Å². The fraction of sp³-hybridized carbons (Fsp3) is 0.304. The summed E-state index contributed by atoms with van der Waals surface area (Å²) in [6.07, 6.45) is 1.04. The number of thiophene rings is 1. The molecule has 0 radical (unpaired) electrons. The molecule has 0 aliphatic carbocycles. The maximum atomic E-state index is 13.0. The average molecular weight is 422 g/mol. The Morgan fingerprint density at radius 1 is 1.10 bits per heavy atom. The second-order valence-corrected chi connectivity index (χ2v) is 8.77. The van der Waals surface area contributed by atoms with Crippen LogP contribution in [0.15, 0.2) is 58.1 Å². The molecule has 1 fully saturated rings. The van der Waals surface area contributed by atoms with Crippen LogP contribution in [0.25, 0.3) is 20.3 Å². The minimum absolute atomic E-state index is 0.199. The van der Waals surface area contributed by atoms with Crippen LogP contribution >= 0.6 is 11.3 Å². The summed E-state index contributed by atoms with van der Waals surface area (Å²) in [4.78, 5) is 30.9. The summed E-state index contributed by atoms with van der Waals surface area (Å²) in [5, 5.41) is 0.929. The highest BCUT2D eigenvalue weighted by molar-refractivity contribution is 7.25. The van der Waals surface area contributed by atoms with Crippen molar-refractivity contribution in [2.75, 3.05) is 26.7 Å². The van der Waals surface area contributed by atoms with Crippen molar-refractivity contribution in [1.29, 1.82) is 0 Å². The lowest BCUT2D eigenvalue weighted by Gasteiger charge is -2.17. The molecule has 1 aliphatic heterocycles. The molecule has 1 atom stereocenters. The molecule has 4 aromatic rings. The minimum atomic E-state index is -0.337. The van der Waals surface area contributed by atoms with Crippen LogP contribution < -0.4 is 16.0 Å². The molecule has 1 N–H and O–H groups in total. The monoisotopic (exact) mass is 421 g/mol. The van der Waals surface area contributed by atoms with Gasteiger partial charge < -0.3 is 14.6 Å². The minimum Gasteiger partial charge on any atom is -0.496 e. The first-order valence-corrected chi connectivity index (χ1v) is 11.0. The fourth-order valence-electron chi connectivity index (χ4n) is 4.45. The van der Waals surface area contributed by atoms with Crippen LogP contribution in [0.3, 0.4) is 0 Å². The van der Waals surface area contributed by atoms with Crippen LogP contribution in [0.2, 0.25) is 0 Å². The van der Waals surface area contributed by atoms with Gasteiger partial charge >= 0.3 is 5.69 Å². The number of hydrogen-bond donors (Lipinski definition) is 1. The van der Waals surface area contributed by atoms with Crippen LogP contribution in [0.4, 0.5) is 0 Å². The van der Waals surface area contributed by atoms with E-state index in [0.717, 1.165) is 35.3 Å². The Morgan fingerprint density at radius 2 is 1.90 bits per heavy atom. The number of nitrogens with one attached hydrogen (secondary N) is 1. The SMILES string of the molecule is COc1ccccc1[C@H]1CCN(CCn2c(=O)[nH]c3c(sc4ccccc43)c2=O)C1. The lowest BCUT2D eigenvalue weighted by Crippen LogP contribution is -2.38. The molecule has 30 heavy (non-hydrogen) atoms. The quantitative estimate of drug-likeness (QED) is 0.536. The molecule has 1 saturated heterocycles. The summed E-state index contributed by atoms with van der Waals surface area (Å²) in [6.45, 7) is 2.90. The third-order valence-corrected chi connectivity index (χ3v) is 7.16. The molecule has 0 bridgehead atoms. The lowest BCUT2D eigenvalue weighted by atomic mass is 9.97. The summed E-state index contributed by atoms with van der Waals surface area (Å²) >= 11 is 1.44. The highest BCUT2D eigenvalue weighted by Crippen LogP contribution is 2.33. The number of rotatable bonds is 5. The van der Waals surface area contributed by atoms with Gasteiger partial charge in [-0.15, -0.1) is 11.3 Å². The molecular weight excluding hydrogens is 398 g/mol. The number of para-hydroxylation sites is 1. The number of ether oxygens (including phenoxy) is 1. The van der Waals surface area contributed by atoms with Gasteiger partial charge in [0.1, 0.15) is 10.4 Å². The van der Waals surface area contributed by atoms with Crippen molar-refractivity contribution >= 4 is 31.6 Å². The number of aromatic nitrogens is 2. The van der Waals surface area contributed by atoms with E-state index in [0.29, 0.717) is 29.2 Å². The Hall–Kier alpha value is -2.90. The lowest BCUT2D eigenvalue weighted by molar-refractivity contribution is 0.313. The molecule has 2 aromatic heterocycles. The molecular formula is C23H23N3O3S. The van der Waals surface area contributed by atoms with Crippen molar-refractivity contribution in [3.8, 4) is 5.75 Å². The highest BCUT2D eigenvalue weighted by Gasteiger charge is 2.26. The molecule has 3 heterocycles. The molecule has 0 amide bonds. The smallest absolute Gasteiger partial charge is 0.328 e. The van der Waals surface area contributed by atoms with E-state index in [1.165, 1.54) is 21.5 Å². The van der Waals surface area contributed by atoms with E-state index >= 15 is 0 Å². The normalized spacial score (nSPS) is 17.2. The third kappa shape index (κ3) is 3.24. The first-order valence-electron chi connectivity index (χ1n) is 10.2. The number of fused-ring (bicyclic) bond motifs is 3. The second kappa shape index (κ2) is 7.74. The van der Waals surface area contributed by atoms with E-state index in [9.17, 15) is 9.59 Å². The molecule has 1 aliphatic rings. The number of aromatic amines is 1. The summed E-state index contributed by atoms with van der Waals surface area (Å²) in [5.41, 5.74) is 1.34. The predicted molar refractivity (Wildman–Crippen MR) is 121 cm³/mol. The Kier molecular flexibility index (Phi) is 4.92. The zero-order valence-corrected chi connectivity index (χ0v) is 17.6. The summed E-state index contributed by atoms with van der Waals surface area (Å²) in [6, 6.07) is 15.9. The maximum absolute atomic E-state index is 13.0. The zero-order valence-electron chi connectivity index (χ0n) is 16.8. The van der Waals surface area contributed by atoms with Gasteiger partial charge in [0.05, 0.1) is 12.6 Å². The molecule has 2 aromatic carbocycles. The summed E-state index contributed by atoms with van der Waals surface area (Å²) < 4.78 is 8.48. The standard InChI is InChI=1S/C23H23N3O3S/c1-29-18-8-4-2-6-16(18)15-10-11-25(14-15)12-13-26-22(27)21-20(24-23(26)28)17-7-3-5-9-19(17)30-21/h2-9,15H,10-14H2,1H3,(H,24,28)/t15-/m0/s1.